The Morgan fingerprint density at radius 2 is 2.00 bits per heavy atom. The van der Waals surface area contributed by atoms with E-state index >= 15 is 0 Å². The molecule has 0 spiro atoms. The van der Waals surface area contributed by atoms with Crippen LogP contribution >= 0.6 is 0 Å². The Morgan fingerprint density at radius 3 is 2.72 bits per heavy atom. The third-order valence-electron chi connectivity index (χ3n) is 6.83. The third-order valence-corrected chi connectivity index (χ3v) is 7.47. The molecule has 0 aliphatic carbocycles. The highest BCUT2D eigenvalue weighted by atomic mass is 32.2. The average Bonchev–Trinajstić information content (AvgIpc) is 3.50. The highest BCUT2D eigenvalue weighted by molar-refractivity contribution is 7.79. The van der Waals surface area contributed by atoms with Crippen LogP contribution in [0.2, 0.25) is 0 Å². The molecule has 1 aliphatic heterocycles. The molecule has 1 saturated heterocycles. The van der Waals surface area contributed by atoms with Crippen molar-refractivity contribution in [1.82, 2.24) is 29.5 Å². The number of aromatic amines is 1. The van der Waals surface area contributed by atoms with Crippen molar-refractivity contribution in [2.24, 2.45) is 0 Å². The first-order chi connectivity index (χ1) is 17.4. The minimum atomic E-state index is -1.69. The highest BCUT2D eigenvalue weighted by Crippen LogP contribution is 2.37. The topological polar surface area (TPSA) is 112 Å². The van der Waals surface area contributed by atoms with Crippen LogP contribution in [0, 0.1) is 0 Å². The molecule has 4 aromatic rings. The van der Waals surface area contributed by atoms with E-state index in [-0.39, 0.29) is 5.92 Å². The van der Waals surface area contributed by atoms with Gasteiger partial charge in [-0.25, -0.2) is 18.7 Å². The first kappa shape index (κ1) is 24.7. The summed E-state index contributed by atoms with van der Waals surface area (Å²) < 4.78 is 27.1. The maximum absolute atomic E-state index is 10.8. The van der Waals surface area contributed by atoms with Gasteiger partial charge < -0.3 is 19.2 Å². The van der Waals surface area contributed by atoms with E-state index in [0.717, 1.165) is 73.7 Å². The molecule has 5 rings (SSSR count). The van der Waals surface area contributed by atoms with Gasteiger partial charge in [-0.05, 0) is 43.5 Å². The molecule has 0 amide bonds. The van der Waals surface area contributed by atoms with Crippen LogP contribution in [0.4, 0.5) is 5.82 Å². The van der Waals surface area contributed by atoms with Crippen LogP contribution in [-0.2, 0) is 11.1 Å². The maximum atomic E-state index is 10.8. The van der Waals surface area contributed by atoms with Crippen LogP contribution in [0.15, 0.2) is 30.7 Å². The number of methoxy groups -OCH3 is 1. The number of nitrogens with one attached hydrogen (secondary N) is 1. The minimum Gasteiger partial charge on any atom is -0.493 e. The fraction of sp³-hybridized carbons (Fsp3) is 0.480. The summed E-state index contributed by atoms with van der Waals surface area (Å²) in [4.78, 5) is 17.8. The van der Waals surface area contributed by atoms with Crippen molar-refractivity contribution in [2.75, 3.05) is 50.5 Å². The van der Waals surface area contributed by atoms with Crippen LogP contribution in [0.3, 0.4) is 0 Å². The molecule has 10 nitrogen and oxygen atoms in total. The fourth-order valence-electron chi connectivity index (χ4n) is 4.99. The predicted molar refractivity (Wildman–Crippen MR) is 142 cm³/mol. The fourth-order valence-corrected chi connectivity index (χ4v) is 5.44. The zero-order valence-corrected chi connectivity index (χ0v) is 21.8. The van der Waals surface area contributed by atoms with E-state index < -0.39 is 11.1 Å². The second kappa shape index (κ2) is 10.5. The van der Waals surface area contributed by atoms with Crippen molar-refractivity contribution >= 4 is 33.6 Å². The number of hydrogen-bond acceptors (Lipinski definition) is 7. The van der Waals surface area contributed by atoms with E-state index in [4.69, 9.17) is 14.3 Å². The van der Waals surface area contributed by atoms with Gasteiger partial charge in [-0.15, -0.1) is 0 Å². The normalized spacial score (nSPS) is 15.9. The number of nitrogens with zero attached hydrogens (tertiary/aromatic N) is 6. The number of unbranched alkanes of at least 4 members (excludes halogenated alkanes) is 1. The molecule has 0 aromatic carbocycles. The molecule has 4 aromatic heterocycles. The van der Waals surface area contributed by atoms with Crippen molar-refractivity contribution < 1.29 is 13.5 Å². The van der Waals surface area contributed by atoms with Gasteiger partial charge in [0.2, 0.25) is 0 Å². The predicted octanol–water partition coefficient (Wildman–Crippen LogP) is 3.53. The largest absolute Gasteiger partial charge is 0.493 e. The molecule has 0 radical (unpaired) electrons. The van der Waals surface area contributed by atoms with Gasteiger partial charge in [-0.1, -0.05) is 13.8 Å². The van der Waals surface area contributed by atoms with E-state index in [9.17, 15) is 4.21 Å². The molecular formula is C25H33N7O3S. The zero-order chi connectivity index (χ0) is 25.2. The van der Waals surface area contributed by atoms with Gasteiger partial charge in [0.05, 0.1) is 23.8 Å². The number of rotatable bonds is 9. The number of pyridine rings is 2. The Hall–Kier alpha value is -3.02. The Kier molecular flexibility index (Phi) is 7.22. The van der Waals surface area contributed by atoms with Gasteiger partial charge in [0.1, 0.15) is 12.1 Å². The lowest BCUT2D eigenvalue weighted by atomic mass is 9.99. The summed E-state index contributed by atoms with van der Waals surface area (Å²) in [6.07, 6.45) is 5.23. The monoisotopic (exact) mass is 511 g/mol. The quantitative estimate of drug-likeness (QED) is 0.259. The first-order valence-corrected chi connectivity index (χ1v) is 13.7. The number of piperazine rings is 1. The van der Waals surface area contributed by atoms with Gasteiger partial charge in [-0.2, -0.15) is 5.10 Å². The number of anilines is 1. The number of H-pyrrole nitrogens is 1. The van der Waals surface area contributed by atoms with Crippen LogP contribution in [0.5, 0.6) is 5.75 Å². The second-order valence-electron chi connectivity index (χ2n) is 9.52. The van der Waals surface area contributed by atoms with Crippen molar-refractivity contribution in [3.05, 3.63) is 36.3 Å². The molecule has 36 heavy (non-hydrogen) atoms. The molecule has 1 unspecified atom stereocenters. The zero-order valence-electron chi connectivity index (χ0n) is 21.0. The standard InChI is InChI=1S/C25H33N7O3S/c1-17(2)22-23(18-14-20(35-3)25-26-16-27-32(25)15-18)28-19-6-7-21(29-24(19)22)31-11-9-30(10-12-31)8-4-5-13-36(33)34/h6-7,14-17,28H,4-5,8-13H2,1-3H3,(H,33,34). The van der Waals surface area contributed by atoms with Crippen LogP contribution in [-0.4, -0.2) is 83.8 Å². The van der Waals surface area contributed by atoms with E-state index in [0.29, 0.717) is 17.1 Å². The number of aromatic nitrogens is 5. The third kappa shape index (κ3) is 4.95. The lowest BCUT2D eigenvalue weighted by molar-refractivity contribution is 0.254. The molecule has 2 N–H and O–H groups in total. The Labute approximate surface area is 213 Å². The number of hydrogen-bond donors (Lipinski definition) is 2. The lowest BCUT2D eigenvalue weighted by Gasteiger charge is -2.35. The summed E-state index contributed by atoms with van der Waals surface area (Å²) in [6, 6.07) is 6.22. The summed E-state index contributed by atoms with van der Waals surface area (Å²) >= 11 is -1.69. The van der Waals surface area contributed by atoms with Gasteiger partial charge >= 0.3 is 0 Å². The van der Waals surface area contributed by atoms with Gasteiger partial charge in [0.15, 0.2) is 22.5 Å². The Balaban J connectivity index is 1.39. The van der Waals surface area contributed by atoms with E-state index in [1.165, 1.54) is 11.9 Å². The SMILES string of the molecule is COc1cc(-c2[nH]c3ccc(N4CCN(CCCCS(=O)O)CC4)nc3c2C(C)C)cn2ncnc12. The Bertz CT molecular complexity index is 1380. The number of ether oxygens (including phenoxy) is 1. The molecule has 1 fully saturated rings. The molecule has 1 atom stereocenters. The van der Waals surface area contributed by atoms with E-state index in [2.05, 4.69) is 50.8 Å². The molecule has 0 bridgehead atoms. The summed E-state index contributed by atoms with van der Waals surface area (Å²) in [5.41, 5.74) is 5.87. The van der Waals surface area contributed by atoms with Crippen molar-refractivity contribution in [3.63, 3.8) is 0 Å². The van der Waals surface area contributed by atoms with Gasteiger partial charge in [0, 0.05) is 49.3 Å². The molecule has 1 aliphatic rings. The minimum absolute atomic E-state index is 0.263. The second-order valence-corrected chi connectivity index (χ2v) is 10.6. The van der Waals surface area contributed by atoms with Crippen molar-refractivity contribution in [2.45, 2.75) is 32.6 Å². The summed E-state index contributed by atoms with van der Waals surface area (Å²) in [7, 11) is 1.65. The lowest BCUT2D eigenvalue weighted by Crippen LogP contribution is -2.46. The van der Waals surface area contributed by atoms with Gasteiger partial charge in [-0.3, -0.25) is 4.90 Å². The molecular weight excluding hydrogens is 478 g/mol. The van der Waals surface area contributed by atoms with Crippen molar-refractivity contribution in [3.8, 4) is 17.0 Å². The average molecular weight is 512 g/mol. The van der Waals surface area contributed by atoms with Crippen molar-refractivity contribution in [1.29, 1.82) is 0 Å². The van der Waals surface area contributed by atoms with Gasteiger partial charge in [0.25, 0.3) is 0 Å². The Morgan fingerprint density at radius 1 is 1.19 bits per heavy atom. The highest BCUT2D eigenvalue weighted by Gasteiger charge is 2.22. The van der Waals surface area contributed by atoms with Crippen LogP contribution in [0.1, 0.15) is 38.2 Å². The van der Waals surface area contributed by atoms with E-state index in [1.54, 1.807) is 11.6 Å². The summed E-state index contributed by atoms with van der Waals surface area (Å²) in [6.45, 7) is 9.12. The van der Waals surface area contributed by atoms with E-state index in [1.807, 2.05) is 12.3 Å². The molecule has 11 heteroatoms. The van der Waals surface area contributed by atoms with Crippen LogP contribution in [0.25, 0.3) is 27.9 Å². The molecule has 192 valence electrons. The summed E-state index contributed by atoms with van der Waals surface area (Å²) in [5, 5.41) is 4.32. The molecule has 5 heterocycles. The maximum Gasteiger partial charge on any atom is 0.197 e. The number of fused-ring (bicyclic) bond motifs is 2. The summed E-state index contributed by atoms with van der Waals surface area (Å²) in [5.74, 6) is 2.29. The molecule has 0 saturated carbocycles. The first-order valence-electron chi connectivity index (χ1n) is 12.4. The smallest absolute Gasteiger partial charge is 0.197 e. The van der Waals surface area contributed by atoms with Crippen LogP contribution < -0.4 is 9.64 Å².